The third kappa shape index (κ3) is 3.75. The highest BCUT2D eigenvalue weighted by molar-refractivity contribution is 7.98. The van der Waals surface area contributed by atoms with Gasteiger partial charge in [0.25, 0.3) is 5.22 Å². The summed E-state index contributed by atoms with van der Waals surface area (Å²) in [6, 6.07) is 17.0. The molecule has 4 rings (SSSR count). The molecule has 0 spiro atoms. The molecule has 0 aliphatic carbocycles. The molecular formula is C18H12ClN3O2S. The van der Waals surface area contributed by atoms with Gasteiger partial charge >= 0.3 is 0 Å². The van der Waals surface area contributed by atoms with Gasteiger partial charge in [0.2, 0.25) is 11.8 Å². The predicted octanol–water partition coefficient (Wildman–Crippen LogP) is 5.34. The fourth-order valence-corrected chi connectivity index (χ4v) is 3.06. The van der Waals surface area contributed by atoms with Crippen LogP contribution in [0.4, 0.5) is 0 Å². The highest BCUT2D eigenvalue weighted by atomic mass is 35.5. The molecular weight excluding hydrogens is 358 g/mol. The van der Waals surface area contributed by atoms with E-state index in [1.54, 1.807) is 6.26 Å². The zero-order valence-electron chi connectivity index (χ0n) is 12.9. The third-order valence-electron chi connectivity index (χ3n) is 3.39. The summed E-state index contributed by atoms with van der Waals surface area (Å²) < 4.78 is 11.2. The van der Waals surface area contributed by atoms with Crippen molar-refractivity contribution in [2.24, 2.45) is 0 Å². The summed E-state index contributed by atoms with van der Waals surface area (Å²) in [6.07, 6.45) is 1.62. The van der Waals surface area contributed by atoms with E-state index in [0.29, 0.717) is 27.8 Å². The molecule has 25 heavy (non-hydrogen) atoms. The van der Waals surface area contributed by atoms with E-state index in [2.05, 4.69) is 15.2 Å². The Morgan fingerprint density at radius 1 is 0.920 bits per heavy atom. The van der Waals surface area contributed by atoms with E-state index in [1.807, 2.05) is 54.6 Å². The van der Waals surface area contributed by atoms with Crippen LogP contribution < -0.4 is 0 Å². The number of halogens is 1. The molecule has 0 bridgehead atoms. The lowest BCUT2D eigenvalue weighted by atomic mass is 10.2. The molecule has 7 heteroatoms. The van der Waals surface area contributed by atoms with E-state index in [1.165, 1.54) is 11.8 Å². The molecule has 0 aliphatic heterocycles. The normalized spacial score (nSPS) is 10.9. The fraction of sp³-hybridized carbons (Fsp3) is 0.0556. The number of aromatic nitrogens is 3. The van der Waals surface area contributed by atoms with E-state index in [-0.39, 0.29) is 0 Å². The Balaban J connectivity index is 1.43. The van der Waals surface area contributed by atoms with Gasteiger partial charge in [0.15, 0.2) is 0 Å². The highest BCUT2D eigenvalue weighted by Gasteiger charge is 2.11. The molecule has 4 aromatic rings. The van der Waals surface area contributed by atoms with Crippen LogP contribution in [-0.4, -0.2) is 15.2 Å². The average Bonchev–Trinajstić information content (AvgIpc) is 3.30. The quantitative estimate of drug-likeness (QED) is 0.442. The van der Waals surface area contributed by atoms with Crippen molar-refractivity contribution in [2.45, 2.75) is 11.0 Å². The summed E-state index contributed by atoms with van der Waals surface area (Å²) in [5.41, 5.74) is 2.53. The van der Waals surface area contributed by atoms with Gasteiger partial charge in [0.1, 0.15) is 6.26 Å². The maximum Gasteiger partial charge on any atom is 0.277 e. The maximum atomic E-state index is 5.99. The monoisotopic (exact) mass is 369 g/mol. The molecule has 2 aromatic carbocycles. The molecule has 0 saturated heterocycles. The number of rotatable bonds is 5. The number of benzene rings is 2. The van der Waals surface area contributed by atoms with Gasteiger partial charge < -0.3 is 8.83 Å². The predicted molar refractivity (Wildman–Crippen MR) is 96.2 cm³/mol. The maximum absolute atomic E-state index is 5.99. The van der Waals surface area contributed by atoms with Crippen molar-refractivity contribution < 1.29 is 8.83 Å². The lowest BCUT2D eigenvalue weighted by Gasteiger charge is -1.95. The standard InChI is InChI=1S/C18H12ClN3O2S/c19-14-8-4-7-13(9-14)16-20-15(10-23-16)11-25-18-22-21-17(24-18)12-5-2-1-3-6-12/h1-10H,11H2. The first kappa shape index (κ1) is 15.9. The van der Waals surface area contributed by atoms with Gasteiger partial charge in [-0.05, 0) is 30.3 Å². The van der Waals surface area contributed by atoms with E-state index in [0.717, 1.165) is 16.8 Å². The number of hydrogen-bond donors (Lipinski definition) is 0. The molecule has 0 fully saturated rings. The minimum atomic E-state index is 0.492. The summed E-state index contributed by atoms with van der Waals surface area (Å²) in [6.45, 7) is 0. The summed E-state index contributed by atoms with van der Waals surface area (Å²) in [5.74, 6) is 1.61. The molecule has 0 unspecified atom stereocenters. The smallest absolute Gasteiger partial charge is 0.277 e. The highest BCUT2D eigenvalue weighted by Crippen LogP contribution is 2.27. The Bertz CT molecular complexity index is 985. The van der Waals surface area contributed by atoms with Crippen LogP contribution in [-0.2, 0) is 5.75 Å². The van der Waals surface area contributed by atoms with Gasteiger partial charge in [0, 0.05) is 21.9 Å². The molecule has 0 radical (unpaired) electrons. The summed E-state index contributed by atoms with van der Waals surface area (Å²) in [7, 11) is 0. The SMILES string of the molecule is Clc1cccc(-c2nc(CSc3nnc(-c4ccccc4)o3)co2)c1. The van der Waals surface area contributed by atoms with E-state index in [9.17, 15) is 0 Å². The van der Waals surface area contributed by atoms with Gasteiger partial charge in [-0.15, -0.1) is 10.2 Å². The summed E-state index contributed by atoms with van der Waals surface area (Å²) in [4.78, 5) is 4.47. The Kier molecular flexibility index (Phi) is 4.54. The lowest BCUT2D eigenvalue weighted by Crippen LogP contribution is -1.82. The van der Waals surface area contributed by atoms with Crippen molar-refractivity contribution >= 4 is 23.4 Å². The second-order valence-electron chi connectivity index (χ2n) is 5.18. The second-order valence-corrected chi connectivity index (χ2v) is 6.55. The molecule has 2 aromatic heterocycles. The molecule has 2 heterocycles. The summed E-state index contributed by atoms with van der Waals surface area (Å²) >= 11 is 7.41. The van der Waals surface area contributed by atoms with Crippen LogP contribution in [0.5, 0.6) is 0 Å². The Labute approximate surface area is 153 Å². The van der Waals surface area contributed by atoms with Crippen molar-refractivity contribution in [3.05, 3.63) is 71.6 Å². The van der Waals surface area contributed by atoms with Crippen LogP contribution in [0.3, 0.4) is 0 Å². The number of thioether (sulfide) groups is 1. The number of oxazole rings is 1. The van der Waals surface area contributed by atoms with Gasteiger partial charge in [-0.3, -0.25) is 0 Å². The van der Waals surface area contributed by atoms with Crippen LogP contribution in [0.1, 0.15) is 5.69 Å². The molecule has 0 amide bonds. The second kappa shape index (κ2) is 7.13. The van der Waals surface area contributed by atoms with Crippen molar-refractivity contribution in [3.8, 4) is 22.9 Å². The Morgan fingerprint density at radius 2 is 1.76 bits per heavy atom. The van der Waals surface area contributed by atoms with Crippen molar-refractivity contribution in [1.82, 2.24) is 15.2 Å². The zero-order chi connectivity index (χ0) is 17.1. The Morgan fingerprint density at radius 3 is 2.60 bits per heavy atom. The van der Waals surface area contributed by atoms with Gasteiger partial charge in [0.05, 0.1) is 5.69 Å². The van der Waals surface area contributed by atoms with Gasteiger partial charge in [-0.2, -0.15) is 0 Å². The summed E-state index contributed by atoms with van der Waals surface area (Å²) in [5, 5.41) is 9.26. The first-order valence-electron chi connectivity index (χ1n) is 7.50. The Hall–Kier alpha value is -2.57. The van der Waals surface area contributed by atoms with Crippen LogP contribution in [0.2, 0.25) is 5.02 Å². The largest absolute Gasteiger partial charge is 0.444 e. The molecule has 0 saturated carbocycles. The topological polar surface area (TPSA) is 65.0 Å². The van der Waals surface area contributed by atoms with E-state index < -0.39 is 0 Å². The third-order valence-corrected chi connectivity index (χ3v) is 4.48. The first-order chi connectivity index (χ1) is 12.3. The molecule has 5 nitrogen and oxygen atoms in total. The molecule has 0 N–H and O–H groups in total. The number of nitrogens with zero attached hydrogens (tertiary/aromatic N) is 3. The average molecular weight is 370 g/mol. The van der Waals surface area contributed by atoms with Crippen molar-refractivity contribution in [1.29, 1.82) is 0 Å². The first-order valence-corrected chi connectivity index (χ1v) is 8.86. The van der Waals surface area contributed by atoms with Crippen molar-refractivity contribution in [3.63, 3.8) is 0 Å². The van der Waals surface area contributed by atoms with Crippen molar-refractivity contribution in [2.75, 3.05) is 0 Å². The molecule has 124 valence electrons. The van der Waals surface area contributed by atoms with Crippen LogP contribution >= 0.6 is 23.4 Å². The zero-order valence-corrected chi connectivity index (χ0v) is 14.5. The minimum Gasteiger partial charge on any atom is -0.444 e. The lowest BCUT2D eigenvalue weighted by molar-refractivity contribution is 0.466. The van der Waals surface area contributed by atoms with Crippen LogP contribution in [0.25, 0.3) is 22.9 Å². The van der Waals surface area contributed by atoms with Gasteiger partial charge in [-0.1, -0.05) is 47.6 Å². The fourth-order valence-electron chi connectivity index (χ4n) is 2.23. The molecule has 0 atom stereocenters. The van der Waals surface area contributed by atoms with E-state index >= 15 is 0 Å². The van der Waals surface area contributed by atoms with Gasteiger partial charge in [-0.25, -0.2) is 4.98 Å². The molecule has 0 aliphatic rings. The van der Waals surface area contributed by atoms with Crippen LogP contribution in [0, 0.1) is 0 Å². The van der Waals surface area contributed by atoms with Crippen LogP contribution in [0.15, 0.2) is 74.9 Å². The van der Waals surface area contributed by atoms with E-state index in [4.69, 9.17) is 20.4 Å². The minimum absolute atomic E-state index is 0.492. The number of hydrogen-bond acceptors (Lipinski definition) is 6.